The molecule has 1 N–H and O–H groups in total. The van der Waals surface area contributed by atoms with E-state index in [0.717, 1.165) is 11.8 Å². The average Bonchev–Trinajstić information content (AvgIpc) is 3.51. The standard InChI is InChI=1S/C25H21F2N3O6S/c1-33-20-10-5-15(12-21(20)34-2)28-22(31)14-37-25-29-19(13-18-4-3-11-35-18)23(32)30(25)16-6-8-17(9-7-16)36-24(26)27/h3-13,24H,14H2,1-2H3,(H,28,31). The van der Waals surface area contributed by atoms with E-state index in [2.05, 4.69) is 15.0 Å². The van der Waals surface area contributed by atoms with E-state index >= 15 is 0 Å². The van der Waals surface area contributed by atoms with Gasteiger partial charge in [-0.3, -0.25) is 14.5 Å². The second kappa shape index (κ2) is 11.6. The fourth-order valence-electron chi connectivity index (χ4n) is 3.35. The summed E-state index contributed by atoms with van der Waals surface area (Å²) < 4.78 is 45.1. The topological polar surface area (TPSA) is 103 Å². The van der Waals surface area contributed by atoms with Gasteiger partial charge in [-0.2, -0.15) is 8.78 Å². The average molecular weight is 530 g/mol. The third-order valence-electron chi connectivity index (χ3n) is 4.97. The Morgan fingerprint density at radius 2 is 1.89 bits per heavy atom. The van der Waals surface area contributed by atoms with Crippen LogP contribution in [0.2, 0.25) is 0 Å². The number of amides is 2. The summed E-state index contributed by atoms with van der Waals surface area (Å²) in [4.78, 5) is 31.5. The van der Waals surface area contributed by atoms with Crippen molar-refractivity contribution < 1.29 is 37.0 Å². The second-order valence-corrected chi connectivity index (χ2v) is 8.30. The molecule has 2 aromatic carbocycles. The van der Waals surface area contributed by atoms with Crippen LogP contribution in [0, 0.1) is 0 Å². The number of thioether (sulfide) groups is 1. The number of hydrogen-bond donors (Lipinski definition) is 1. The predicted molar refractivity (Wildman–Crippen MR) is 135 cm³/mol. The summed E-state index contributed by atoms with van der Waals surface area (Å²) in [7, 11) is 3.00. The number of nitrogens with one attached hydrogen (secondary N) is 1. The van der Waals surface area contributed by atoms with E-state index < -0.39 is 12.5 Å². The molecule has 2 heterocycles. The van der Waals surface area contributed by atoms with Gasteiger partial charge in [0.05, 0.1) is 31.9 Å². The zero-order valence-electron chi connectivity index (χ0n) is 19.6. The van der Waals surface area contributed by atoms with Crippen LogP contribution in [-0.2, 0) is 9.59 Å². The van der Waals surface area contributed by atoms with Crippen molar-refractivity contribution in [2.24, 2.45) is 4.99 Å². The van der Waals surface area contributed by atoms with Crippen LogP contribution < -0.4 is 24.4 Å². The lowest BCUT2D eigenvalue weighted by atomic mass is 10.2. The molecule has 0 bridgehead atoms. The van der Waals surface area contributed by atoms with Crippen LogP contribution in [0.15, 0.2) is 76.0 Å². The van der Waals surface area contributed by atoms with Crippen LogP contribution in [-0.4, -0.2) is 43.6 Å². The first kappa shape index (κ1) is 25.8. The number of aliphatic imine (C=N–C) groups is 1. The first-order chi connectivity index (χ1) is 17.9. The van der Waals surface area contributed by atoms with E-state index in [-0.39, 0.29) is 28.3 Å². The number of benzene rings is 2. The lowest BCUT2D eigenvalue weighted by Gasteiger charge is -2.18. The molecule has 1 aromatic heterocycles. The maximum Gasteiger partial charge on any atom is 0.387 e. The highest BCUT2D eigenvalue weighted by molar-refractivity contribution is 8.14. The quantitative estimate of drug-likeness (QED) is 0.389. The summed E-state index contributed by atoms with van der Waals surface area (Å²) in [6.45, 7) is -2.97. The Labute approximate surface area is 214 Å². The molecule has 9 nitrogen and oxygen atoms in total. The van der Waals surface area contributed by atoms with Crippen molar-refractivity contribution in [3.63, 3.8) is 0 Å². The highest BCUT2D eigenvalue weighted by atomic mass is 32.2. The summed E-state index contributed by atoms with van der Waals surface area (Å²) >= 11 is 1.03. The molecule has 3 aromatic rings. The molecule has 192 valence electrons. The molecule has 0 saturated carbocycles. The number of carbonyl (C=O) groups excluding carboxylic acids is 2. The highest BCUT2D eigenvalue weighted by Crippen LogP contribution is 2.32. The van der Waals surface area contributed by atoms with Gasteiger partial charge in [-0.05, 0) is 48.5 Å². The van der Waals surface area contributed by atoms with Crippen LogP contribution in [0.3, 0.4) is 0 Å². The molecule has 0 unspecified atom stereocenters. The number of methoxy groups -OCH3 is 2. The molecule has 0 radical (unpaired) electrons. The second-order valence-electron chi connectivity index (χ2n) is 7.36. The van der Waals surface area contributed by atoms with E-state index in [4.69, 9.17) is 13.9 Å². The Hall–Kier alpha value is -4.32. The van der Waals surface area contributed by atoms with Crippen LogP contribution in [0.1, 0.15) is 5.76 Å². The normalized spacial score (nSPS) is 14.2. The number of hydrogen-bond acceptors (Lipinski definition) is 8. The van der Waals surface area contributed by atoms with Gasteiger partial charge in [-0.15, -0.1) is 0 Å². The maximum absolute atomic E-state index is 13.2. The number of alkyl halides is 2. The molecule has 0 aliphatic carbocycles. The zero-order valence-corrected chi connectivity index (χ0v) is 20.5. The van der Waals surface area contributed by atoms with Crippen molar-refractivity contribution in [3.05, 3.63) is 72.3 Å². The van der Waals surface area contributed by atoms with Crippen LogP contribution >= 0.6 is 11.8 Å². The van der Waals surface area contributed by atoms with Gasteiger partial charge in [0.1, 0.15) is 17.2 Å². The smallest absolute Gasteiger partial charge is 0.387 e. The third kappa shape index (κ3) is 6.28. The van der Waals surface area contributed by atoms with Gasteiger partial charge in [0.25, 0.3) is 5.91 Å². The highest BCUT2D eigenvalue weighted by Gasteiger charge is 2.32. The number of furan rings is 1. The van der Waals surface area contributed by atoms with E-state index in [1.807, 2.05) is 0 Å². The lowest BCUT2D eigenvalue weighted by molar-refractivity contribution is -0.114. The van der Waals surface area contributed by atoms with Crippen molar-refractivity contribution in [2.75, 3.05) is 30.2 Å². The van der Waals surface area contributed by atoms with E-state index in [9.17, 15) is 18.4 Å². The van der Waals surface area contributed by atoms with Crippen molar-refractivity contribution >= 4 is 46.2 Å². The summed E-state index contributed by atoms with van der Waals surface area (Å²) in [6, 6.07) is 13.8. The number of halogens is 2. The van der Waals surface area contributed by atoms with Crippen molar-refractivity contribution in [2.45, 2.75) is 6.61 Å². The summed E-state index contributed by atoms with van der Waals surface area (Å²) in [6.07, 6.45) is 2.93. The monoisotopic (exact) mass is 529 g/mol. The van der Waals surface area contributed by atoms with Crippen LogP contribution in [0.25, 0.3) is 6.08 Å². The molecule has 4 rings (SSSR count). The van der Waals surface area contributed by atoms with Crippen molar-refractivity contribution in [1.82, 2.24) is 0 Å². The fraction of sp³-hybridized carbons (Fsp3) is 0.160. The van der Waals surface area contributed by atoms with E-state index in [0.29, 0.717) is 28.6 Å². The molecule has 0 saturated heterocycles. The number of nitrogens with zero attached hydrogens (tertiary/aromatic N) is 2. The minimum absolute atomic E-state index is 0.0582. The number of carbonyl (C=O) groups is 2. The minimum Gasteiger partial charge on any atom is -0.493 e. The van der Waals surface area contributed by atoms with E-state index in [1.54, 1.807) is 30.3 Å². The summed E-state index contributed by atoms with van der Waals surface area (Å²) in [5.41, 5.74) is 0.948. The lowest BCUT2D eigenvalue weighted by Crippen LogP contribution is -2.31. The molecule has 12 heteroatoms. The number of anilines is 2. The molecular formula is C25H21F2N3O6S. The van der Waals surface area contributed by atoms with Gasteiger partial charge in [-0.25, -0.2) is 4.99 Å². The predicted octanol–water partition coefficient (Wildman–Crippen LogP) is 5.01. The Morgan fingerprint density at radius 3 is 2.54 bits per heavy atom. The molecule has 2 amide bonds. The molecule has 37 heavy (non-hydrogen) atoms. The fourth-order valence-corrected chi connectivity index (χ4v) is 4.16. The number of amidine groups is 1. The third-order valence-corrected chi connectivity index (χ3v) is 5.91. The van der Waals surface area contributed by atoms with Crippen LogP contribution in [0.5, 0.6) is 17.2 Å². The summed E-state index contributed by atoms with van der Waals surface area (Å²) in [5, 5.41) is 2.99. The van der Waals surface area contributed by atoms with Gasteiger partial charge < -0.3 is 23.9 Å². The summed E-state index contributed by atoms with van der Waals surface area (Å²) in [5.74, 6) is 0.444. The molecule has 0 fully saturated rings. The van der Waals surface area contributed by atoms with Crippen molar-refractivity contribution in [3.8, 4) is 17.2 Å². The molecule has 1 aliphatic rings. The molecule has 0 atom stereocenters. The molecule has 1 aliphatic heterocycles. The number of rotatable bonds is 9. The molecule has 0 spiro atoms. The number of ether oxygens (including phenoxy) is 3. The largest absolute Gasteiger partial charge is 0.493 e. The SMILES string of the molecule is COc1ccc(NC(=O)CSC2=NC(=Cc3ccco3)C(=O)N2c2ccc(OC(F)F)cc2)cc1OC. The molecular weight excluding hydrogens is 508 g/mol. The Kier molecular flexibility index (Phi) is 8.08. The minimum atomic E-state index is -2.97. The van der Waals surface area contributed by atoms with Gasteiger partial charge in [0.2, 0.25) is 5.91 Å². The van der Waals surface area contributed by atoms with Gasteiger partial charge in [-0.1, -0.05) is 11.8 Å². The first-order valence-electron chi connectivity index (χ1n) is 10.8. The van der Waals surface area contributed by atoms with Crippen LogP contribution in [0.4, 0.5) is 20.2 Å². The first-order valence-corrected chi connectivity index (χ1v) is 11.7. The Balaban J connectivity index is 1.52. The Bertz CT molecular complexity index is 1330. The van der Waals surface area contributed by atoms with Gasteiger partial charge in [0, 0.05) is 17.8 Å². The Morgan fingerprint density at radius 1 is 1.14 bits per heavy atom. The van der Waals surface area contributed by atoms with E-state index in [1.165, 1.54) is 55.7 Å². The van der Waals surface area contributed by atoms with Gasteiger partial charge in [0.15, 0.2) is 16.7 Å². The maximum atomic E-state index is 13.2. The van der Waals surface area contributed by atoms with Crippen molar-refractivity contribution in [1.29, 1.82) is 0 Å². The van der Waals surface area contributed by atoms with Gasteiger partial charge >= 0.3 is 6.61 Å². The zero-order chi connectivity index (χ0) is 26.4.